The van der Waals surface area contributed by atoms with Gasteiger partial charge in [0.1, 0.15) is 6.04 Å². The normalized spacial score (nSPS) is 17.9. The molecule has 104 valence electrons. The lowest BCUT2D eigenvalue weighted by Gasteiger charge is -2.27. The van der Waals surface area contributed by atoms with E-state index in [2.05, 4.69) is 5.32 Å². The lowest BCUT2D eigenvalue weighted by atomic mass is 9.84. The van der Waals surface area contributed by atoms with Crippen molar-refractivity contribution in [2.75, 3.05) is 0 Å². The quantitative estimate of drug-likeness (QED) is 0.891. The second-order valence-electron chi connectivity index (χ2n) is 5.10. The van der Waals surface area contributed by atoms with Gasteiger partial charge in [0, 0.05) is 4.88 Å². The average molecular weight is 281 g/mol. The van der Waals surface area contributed by atoms with E-state index in [-0.39, 0.29) is 11.8 Å². The molecular formula is C14H19NO3S. The Morgan fingerprint density at radius 1 is 1.32 bits per heavy atom. The van der Waals surface area contributed by atoms with Crippen LogP contribution in [0.1, 0.15) is 46.7 Å². The van der Waals surface area contributed by atoms with Crippen molar-refractivity contribution in [2.45, 2.75) is 45.1 Å². The van der Waals surface area contributed by atoms with Gasteiger partial charge < -0.3 is 10.4 Å². The summed E-state index contributed by atoms with van der Waals surface area (Å²) in [6.45, 7) is 1.93. The highest BCUT2D eigenvalue weighted by Crippen LogP contribution is 2.27. The van der Waals surface area contributed by atoms with Crippen LogP contribution in [0.15, 0.2) is 12.1 Å². The van der Waals surface area contributed by atoms with Crippen LogP contribution in [-0.2, 0) is 4.79 Å². The Morgan fingerprint density at radius 3 is 2.53 bits per heavy atom. The number of rotatable bonds is 4. The van der Waals surface area contributed by atoms with Gasteiger partial charge in [-0.2, -0.15) is 0 Å². The fraction of sp³-hybridized carbons (Fsp3) is 0.571. The predicted molar refractivity (Wildman–Crippen MR) is 74.5 cm³/mol. The third kappa shape index (κ3) is 3.56. The van der Waals surface area contributed by atoms with Gasteiger partial charge in [0.15, 0.2) is 0 Å². The summed E-state index contributed by atoms with van der Waals surface area (Å²) >= 11 is 1.39. The van der Waals surface area contributed by atoms with Crippen LogP contribution in [0, 0.1) is 12.8 Å². The monoisotopic (exact) mass is 281 g/mol. The van der Waals surface area contributed by atoms with Gasteiger partial charge in [-0.05, 0) is 37.8 Å². The number of carboxylic acid groups (broad SMARTS) is 1. The largest absolute Gasteiger partial charge is 0.480 e. The molecular weight excluding hydrogens is 262 g/mol. The van der Waals surface area contributed by atoms with Crippen LogP contribution in [0.5, 0.6) is 0 Å². The number of aryl methyl sites for hydroxylation is 1. The Labute approximate surface area is 116 Å². The Balaban J connectivity index is 2.04. The SMILES string of the molecule is Cc1ccc(C(=O)NC(C(=O)O)C2CCCCC2)s1. The first-order chi connectivity index (χ1) is 9.08. The molecule has 0 bridgehead atoms. The third-order valence-corrected chi connectivity index (χ3v) is 4.64. The minimum atomic E-state index is -0.923. The van der Waals surface area contributed by atoms with Gasteiger partial charge in [0.2, 0.25) is 0 Å². The Kier molecular flexibility index (Phi) is 4.58. The molecule has 1 aliphatic carbocycles. The zero-order valence-electron chi connectivity index (χ0n) is 11.0. The number of amides is 1. The summed E-state index contributed by atoms with van der Waals surface area (Å²) in [5.41, 5.74) is 0. The van der Waals surface area contributed by atoms with E-state index < -0.39 is 12.0 Å². The number of carbonyl (C=O) groups excluding carboxylic acids is 1. The second-order valence-corrected chi connectivity index (χ2v) is 6.39. The molecule has 5 heteroatoms. The molecule has 1 atom stereocenters. The van der Waals surface area contributed by atoms with Gasteiger partial charge >= 0.3 is 5.97 Å². The summed E-state index contributed by atoms with van der Waals surface area (Å²) < 4.78 is 0. The molecule has 0 aromatic carbocycles. The second kappa shape index (κ2) is 6.19. The molecule has 1 saturated carbocycles. The van der Waals surface area contributed by atoms with Gasteiger partial charge in [-0.15, -0.1) is 11.3 Å². The molecule has 0 saturated heterocycles. The molecule has 0 radical (unpaired) electrons. The first-order valence-corrected chi connectivity index (χ1v) is 7.49. The zero-order valence-corrected chi connectivity index (χ0v) is 11.8. The molecule has 1 aliphatic rings. The maximum atomic E-state index is 12.1. The number of nitrogens with one attached hydrogen (secondary N) is 1. The highest BCUT2D eigenvalue weighted by Gasteiger charge is 2.31. The van der Waals surface area contributed by atoms with Crippen molar-refractivity contribution in [3.8, 4) is 0 Å². The van der Waals surface area contributed by atoms with E-state index in [1.165, 1.54) is 17.8 Å². The van der Waals surface area contributed by atoms with Crippen molar-refractivity contribution >= 4 is 23.2 Å². The number of carboxylic acids is 1. The molecule has 2 N–H and O–H groups in total. The van der Waals surface area contributed by atoms with Crippen molar-refractivity contribution in [2.24, 2.45) is 5.92 Å². The Hall–Kier alpha value is -1.36. The predicted octanol–water partition coefficient (Wildman–Crippen LogP) is 2.82. The summed E-state index contributed by atoms with van der Waals surface area (Å²) in [5, 5.41) is 12.0. The van der Waals surface area contributed by atoms with E-state index in [0.29, 0.717) is 4.88 Å². The average Bonchev–Trinajstić information content (AvgIpc) is 2.83. The summed E-state index contributed by atoms with van der Waals surface area (Å²) in [6.07, 6.45) is 5.06. The highest BCUT2D eigenvalue weighted by atomic mass is 32.1. The van der Waals surface area contributed by atoms with Crippen molar-refractivity contribution < 1.29 is 14.7 Å². The zero-order chi connectivity index (χ0) is 13.8. The maximum absolute atomic E-state index is 12.1. The van der Waals surface area contributed by atoms with Crippen LogP contribution in [0.25, 0.3) is 0 Å². The fourth-order valence-corrected chi connectivity index (χ4v) is 3.39. The van der Waals surface area contributed by atoms with Gasteiger partial charge in [-0.25, -0.2) is 4.79 Å². The van der Waals surface area contributed by atoms with Gasteiger partial charge in [0.05, 0.1) is 4.88 Å². The summed E-state index contributed by atoms with van der Waals surface area (Å²) in [7, 11) is 0. The minimum absolute atomic E-state index is 0.0660. The van der Waals surface area contributed by atoms with Crippen LogP contribution in [0.3, 0.4) is 0 Å². The van der Waals surface area contributed by atoms with Gasteiger partial charge in [-0.1, -0.05) is 19.3 Å². The van der Waals surface area contributed by atoms with Crippen LogP contribution in [0.2, 0.25) is 0 Å². The smallest absolute Gasteiger partial charge is 0.326 e. The van der Waals surface area contributed by atoms with Gasteiger partial charge in [-0.3, -0.25) is 4.79 Å². The lowest BCUT2D eigenvalue weighted by Crippen LogP contribution is -2.46. The molecule has 1 heterocycles. The Morgan fingerprint density at radius 2 is 2.00 bits per heavy atom. The highest BCUT2D eigenvalue weighted by molar-refractivity contribution is 7.13. The van der Waals surface area contributed by atoms with E-state index in [4.69, 9.17) is 0 Å². The number of thiophene rings is 1. The summed E-state index contributed by atoms with van der Waals surface area (Å²) in [5.74, 6) is -1.12. The Bertz CT molecular complexity index is 463. The lowest BCUT2D eigenvalue weighted by molar-refractivity contribution is -0.141. The molecule has 1 unspecified atom stereocenters. The van der Waals surface area contributed by atoms with Crippen LogP contribution < -0.4 is 5.32 Å². The molecule has 0 spiro atoms. The van der Waals surface area contributed by atoms with E-state index in [0.717, 1.165) is 30.6 Å². The van der Waals surface area contributed by atoms with E-state index in [1.54, 1.807) is 6.07 Å². The topological polar surface area (TPSA) is 66.4 Å². The summed E-state index contributed by atoms with van der Waals surface area (Å²) in [4.78, 5) is 25.0. The molecule has 19 heavy (non-hydrogen) atoms. The fourth-order valence-electron chi connectivity index (χ4n) is 2.62. The molecule has 1 aromatic heterocycles. The van der Waals surface area contributed by atoms with Crippen molar-refractivity contribution in [1.82, 2.24) is 5.32 Å². The van der Waals surface area contributed by atoms with Crippen molar-refractivity contribution in [1.29, 1.82) is 0 Å². The molecule has 0 aliphatic heterocycles. The minimum Gasteiger partial charge on any atom is -0.480 e. The number of hydrogen-bond acceptors (Lipinski definition) is 3. The van der Waals surface area contributed by atoms with Crippen LogP contribution >= 0.6 is 11.3 Å². The molecule has 2 rings (SSSR count). The molecule has 1 fully saturated rings. The van der Waals surface area contributed by atoms with Crippen LogP contribution in [0.4, 0.5) is 0 Å². The molecule has 1 aromatic rings. The van der Waals surface area contributed by atoms with Crippen molar-refractivity contribution in [3.05, 3.63) is 21.9 Å². The number of carbonyl (C=O) groups is 2. The molecule has 4 nitrogen and oxygen atoms in total. The molecule has 1 amide bonds. The third-order valence-electron chi connectivity index (χ3n) is 3.64. The van der Waals surface area contributed by atoms with E-state index in [9.17, 15) is 14.7 Å². The number of hydrogen-bond donors (Lipinski definition) is 2. The first-order valence-electron chi connectivity index (χ1n) is 6.68. The first kappa shape index (κ1) is 14.1. The van der Waals surface area contributed by atoms with Gasteiger partial charge in [0.25, 0.3) is 5.91 Å². The van der Waals surface area contributed by atoms with E-state index >= 15 is 0 Å². The van der Waals surface area contributed by atoms with E-state index in [1.807, 2.05) is 13.0 Å². The van der Waals surface area contributed by atoms with Crippen molar-refractivity contribution in [3.63, 3.8) is 0 Å². The number of aliphatic carboxylic acids is 1. The standard InChI is InChI=1S/C14H19NO3S/c1-9-7-8-11(19-9)13(16)15-12(14(17)18)10-5-3-2-4-6-10/h7-8,10,12H,2-6H2,1H3,(H,15,16)(H,17,18). The summed E-state index contributed by atoms with van der Waals surface area (Å²) in [6, 6.07) is 2.86. The van der Waals surface area contributed by atoms with Crippen LogP contribution in [-0.4, -0.2) is 23.0 Å². The maximum Gasteiger partial charge on any atom is 0.326 e.